The van der Waals surface area contributed by atoms with Gasteiger partial charge in [-0.2, -0.15) is 0 Å². The molecule has 0 spiro atoms. The van der Waals surface area contributed by atoms with E-state index in [2.05, 4.69) is 80.5 Å². The predicted octanol–water partition coefficient (Wildman–Crippen LogP) is 5.95. The summed E-state index contributed by atoms with van der Waals surface area (Å²) in [4.78, 5) is 5.17. The lowest BCUT2D eigenvalue weighted by Crippen LogP contribution is -2.57. The van der Waals surface area contributed by atoms with Gasteiger partial charge in [-0.1, -0.05) is 68.4 Å². The summed E-state index contributed by atoms with van der Waals surface area (Å²) >= 11 is 0. The topological polar surface area (TPSA) is 12.9 Å². The van der Waals surface area contributed by atoms with Gasteiger partial charge < -0.3 is 0 Å². The number of aryl methyl sites for hydroxylation is 1. The Hall–Kier alpha value is -0.633. The molecule has 0 atom stereocenters. The van der Waals surface area contributed by atoms with E-state index in [4.69, 9.17) is 4.98 Å². The van der Waals surface area contributed by atoms with Crippen LogP contribution in [-0.2, 0) is 6.42 Å². The van der Waals surface area contributed by atoms with Crippen LogP contribution in [0.1, 0.15) is 74.4 Å². The summed E-state index contributed by atoms with van der Waals surface area (Å²) in [6, 6.07) is 6.78. The maximum atomic E-state index is 5.17. The van der Waals surface area contributed by atoms with Gasteiger partial charge in [0.15, 0.2) is 0 Å². The number of hydrogen-bond donors (Lipinski definition) is 0. The van der Waals surface area contributed by atoms with Gasteiger partial charge in [0, 0.05) is 11.0 Å². The molecule has 0 unspecified atom stereocenters. The molecule has 1 aromatic heterocycles. The first-order valence-electron chi connectivity index (χ1n) is 8.98. The molecule has 0 fully saturated rings. The maximum Gasteiger partial charge on any atom is 0.118 e. The fourth-order valence-corrected chi connectivity index (χ4v) is 10.7. The second kappa shape index (κ2) is 7.29. The van der Waals surface area contributed by atoms with Crippen LogP contribution in [0.15, 0.2) is 18.2 Å². The molecule has 1 aromatic rings. The average molecular weight is 320 g/mol. The largest absolute Gasteiger partial charge is 0.263 e. The number of rotatable bonds is 6. The normalized spacial score (nSPS) is 13.5. The second-order valence-electron chi connectivity index (χ2n) is 8.97. The van der Waals surface area contributed by atoms with Crippen molar-refractivity contribution in [3.8, 4) is 0 Å². The third-order valence-electron chi connectivity index (χ3n) is 5.25. The van der Waals surface area contributed by atoms with Crippen LogP contribution in [0.25, 0.3) is 0 Å². The molecule has 1 rings (SSSR count). The standard InChI is InChI=1S/C20H37NSi/c1-15(2)22(16(3)4,17(5)6)19-12-10-11-18(21-19)13-14-20(7,8)9/h10-12,15-17H,13-14H2,1-9H3. The quantitative estimate of drug-likeness (QED) is 0.591. The van der Waals surface area contributed by atoms with Crippen molar-refractivity contribution in [2.24, 2.45) is 5.41 Å². The number of nitrogens with zero attached hydrogens (tertiary/aromatic N) is 1. The Bertz CT molecular complexity index is 447. The summed E-state index contributed by atoms with van der Waals surface area (Å²) in [5.41, 5.74) is 3.82. The zero-order valence-corrected chi connectivity index (χ0v) is 17.3. The molecule has 0 aliphatic heterocycles. The van der Waals surface area contributed by atoms with E-state index in [0.29, 0.717) is 5.41 Å². The van der Waals surface area contributed by atoms with E-state index in [1.165, 1.54) is 17.4 Å². The Morgan fingerprint density at radius 3 is 1.82 bits per heavy atom. The minimum Gasteiger partial charge on any atom is -0.263 e. The smallest absolute Gasteiger partial charge is 0.118 e. The van der Waals surface area contributed by atoms with E-state index < -0.39 is 8.07 Å². The molecule has 126 valence electrons. The first-order valence-corrected chi connectivity index (χ1v) is 11.2. The van der Waals surface area contributed by atoms with Gasteiger partial charge in [0.1, 0.15) is 8.07 Å². The summed E-state index contributed by atoms with van der Waals surface area (Å²) in [5.74, 6) is 0. The molecule has 0 saturated carbocycles. The van der Waals surface area contributed by atoms with Gasteiger partial charge in [-0.25, -0.2) is 0 Å². The van der Waals surface area contributed by atoms with Crippen molar-refractivity contribution < 1.29 is 0 Å². The zero-order chi connectivity index (χ0) is 17.1. The molecule has 0 N–H and O–H groups in total. The van der Waals surface area contributed by atoms with E-state index in [1.807, 2.05) is 0 Å². The summed E-state index contributed by atoms with van der Waals surface area (Å²) in [7, 11) is -1.62. The Morgan fingerprint density at radius 1 is 0.909 bits per heavy atom. The minimum absolute atomic E-state index is 0.375. The fraction of sp³-hybridized carbons (Fsp3) is 0.750. The van der Waals surface area contributed by atoms with Crippen LogP contribution in [0.4, 0.5) is 0 Å². The summed E-state index contributed by atoms with van der Waals surface area (Å²) < 4.78 is 0. The lowest BCUT2D eigenvalue weighted by Gasteiger charge is -2.42. The van der Waals surface area contributed by atoms with Crippen LogP contribution in [0.5, 0.6) is 0 Å². The van der Waals surface area contributed by atoms with Gasteiger partial charge in [0.25, 0.3) is 0 Å². The monoisotopic (exact) mass is 319 g/mol. The molecule has 22 heavy (non-hydrogen) atoms. The van der Waals surface area contributed by atoms with Crippen molar-refractivity contribution in [1.29, 1.82) is 0 Å². The van der Waals surface area contributed by atoms with Crippen LogP contribution in [-0.4, -0.2) is 13.1 Å². The summed E-state index contributed by atoms with van der Waals surface area (Å²) in [5, 5.41) is 1.43. The maximum absolute atomic E-state index is 5.17. The summed E-state index contributed by atoms with van der Waals surface area (Å²) in [6.45, 7) is 21.4. The number of hydrogen-bond acceptors (Lipinski definition) is 1. The first kappa shape index (κ1) is 19.4. The van der Waals surface area contributed by atoms with Crippen molar-refractivity contribution in [1.82, 2.24) is 4.98 Å². The lowest BCUT2D eigenvalue weighted by molar-refractivity contribution is 0.376. The van der Waals surface area contributed by atoms with E-state index >= 15 is 0 Å². The van der Waals surface area contributed by atoms with E-state index in [0.717, 1.165) is 23.0 Å². The third-order valence-corrected chi connectivity index (χ3v) is 12.1. The highest BCUT2D eigenvalue weighted by Crippen LogP contribution is 2.40. The molecule has 0 amide bonds. The fourth-order valence-electron chi connectivity index (χ4n) is 4.25. The molecule has 0 aliphatic rings. The van der Waals surface area contributed by atoms with Crippen molar-refractivity contribution in [2.75, 3.05) is 0 Å². The minimum atomic E-state index is -1.62. The highest BCUT2D eigenvalue weighted by atomic mass is 28.3. The number of aromatic nitrogens is 1. The van der Waals surface area contributed by atoms with Crippen LogP contribution in [0.2, 0.25) is 16.6 Å². The van der Waals surface area contributed by atoms with E-state index in [9.17, 15) is 0 Å². The Balaban J connectivity index is 3.22. The van der Waals surface area contributed by atoms with Gasteiger partial charge >= 0.3 is 0 Å². The average Bonchev–Trinajstić information content (AvgIpc) is 2.35. The molecule has 1 nitrogen and oxygen atoms in total. The Morgan fingerprint density at radius 2 is 1.41 bits per heavy atom. The van der Waals surface area contributed by atoms with Crippen molar-refractivity contribution in [3.05, 3.63) is 23.9 Å². The predicted molar refractivity (Wildman–Crippen MR) is 103 cm³/mol. The summed E-state index contributed by atoms with van der Waals surface area (Å²) in [6.07, 6.45) is 2.29. The van der Waals surface area contributed by atoms with Crippen LogP contribution in [0, 0.1) is 5.41 Å². The van der Waals surface area contributed by atoms with Gasteiger partial charge in [-0.3, -0.25) is 4.98 Å². The molecule has 0 saturated heterocycles. The lowest BCUT2D eigenvalue weighted by atomic mass is 9.90. The van der Waals surface area contributed by atoms with Crippen LogP contribution < -0.4 is 5.32 Å². The van der Waals surface area contributed by atoms with Crippen molar-refractivity contribution >= 4 is 13.4 Å². The third kappa shape index (κ3) is 4.22. The zero-order valence-electron chi connectivity index (χ0n) is 16.3. The molecule has 1 heterocycles. The molecule has 0 bridgehead atoms. The van der Waals surface area contributed by atoms with Gasteiger partial charge in [-0.05, 0) is 47.0 Å². The van der Waals surface area contributed by atoms with Crippen LogP contribution >= 0.6 is 0 Å². The van der Waals surface area contributed by atoms with Crippen LogP contribution in [0.3, 0.4) is 0 Å². The molecular formula is C20H37NSi. The SMILES string of the molecule is CC(C)[Si](c1cccc(CCC(C)(C)C)n1)(C(C)C)C(C)C. The first-order chi connectivity index (χ1) is 10.0. The number of pyridine rings is 1. The second-order valence-corrected chi connectivity index (χ2v) is 14.8. The molecule has 2 heteroatoms. The van der Waals surface area contributed by atoms with Gasteiger partial charge in [0.05, 0.1) is 0 Å². The Kier molecular flexibility index (Phi) is 6.43. The molecule has 0 aromatic carbocycles. The molecule has 0 aliphatic carbocycles. The van der Waals surface area contributed by atoms with Gasteiger partial charge in [0.2, 0.25) is 0 Å². The highest BCUT2D eigenvalue weighted by molar-refractivity contribution is 6.94. The Labute approximate surface area is 140 Å². The van der Waals surface area contributed by atoms with E-state index in [-0.39, 0.29) is 0 Å². The molecule has 0 radical (unpaired) electrons. The molecular weight excluding hydrogens is 282 g/mol. The van der Waals surface area contributed by atoms with Crippen molar-refractivity contribution in [3.63, 3.8) is 0 Å². The van der Waals surface area contributed by atoms with E-state index in [1.54, 1.807) is 0 Å². The van der Waals surface area contributed by atoms with Gasteiger partial charge in [-0.15, -0.1) is 0 Å². The van der Waals surface area contributed by atoms with Crippen molar-refractivity contribution in [2.45, 2.75) is 91.8 Å². The highest BCUT2D eigenvalue weighted by Gasteiger charge is 2.45.